The lowest BCUT2D eigenvalue weighted by Crippen LogP contribution is -2.11. The van der Waals surface area contributed by atoms with Gasteiger partial charge in [0.05, 0.1) is 20.8 Å². The van der Waals surface area contributed by atoms with Crippen LogP contribution < -0.4 is 5.32 Å². The molecular formula is C15H14BrNO3S. The molecule has 0 aliphatic rings. The van der Waals surface area contributed by atoms with Gasteiger partial charge < -0.3 is 10.1 Å². The van der Waals surface area contributed by atoms with E-state index in [0.29, 0.717) is 22.7 Å². The van der Waals surface area contributed by atoms with Gasteiger partial charge in [0.25, 0.3) is 5.91 Å². The number of anilines is 1. The fourth-order valence-electron chi connectivity index (χ4n) is 1.70. The van der Waals surface area contributed by atoms with E-state index in [1.54, 1.807) is 31.2 Å². The molecule has 0 aliphatic carbocycles. The average molecular weight is 368 g/mol. The van der Waals surface area contributed by atoms with Crippen LogP contribution in [0.5, 0.6) is 0 Å². The van der Waals surface area contributed by atoms with Gasteiger partial charge >= 0.3 is 5.97 Å². The molecule has 21 heavy (non-hydrogen) atoms. The summed E-state index contributed by atoms with van der Waals surface area (Å²) in [5, 5.41) is 2.78. The summed E-state index contributed by atoms with van der Waals surface area (Å²) in [6.07, 6.45) is 0. The minimum Gasteiger partial charge on any atom is -0.462 e. The molecule has 110 valence electrons. The third kappa shape index (κ3) is 3.92. The molecule has 1 amide bonds. The van der Waals surface area contributed by atoms with E-state index >= 15 is 0 Å². The number of carbonyl (C=O) groups is 2. The highest BCUT2D eigenvalue weighted by atomic mass is 79.9. The Bertz CT molecular complexity index is 662. The van der Waals surface area contributed by atoms with Crippen molar-refractivity contribution in [3.63, 3.8) is 0 Å². The summed E-state index contributed by atoms with van der Waals surface area (Å²) in [5.74, 6) is -0.599. The number of nitrogens with one attached hydrogen (secondary N) is 1. The molecule has 1 aromatic carbocycles. The number of ether oxygens (including phenoxy) is 1. The minimum atomic E-state index is -0.400. The summed E-state index contributed by atoms with van der Waals surface area (Å²) in [7, 11) is 0. The monoisotopic (exact) mass is 367 g/mol. The van der Waals surface area contributed by atoms with E-state index in [2.05, 4.69) is 21.2 Å². The van der Waals surface area contributed by atoms with Gasteiger partial charge in [-0.25, -0.2) is 4.79 Å². The first-order chi connectivity index (χ1) is 10.0. The Morgan fingerprint density at radius 2 is 2.10 bits per heavy atom. The Morgan fingerprint density at radius 1 is 1.33 bits per heavy atom. The number of aryl methyl sites for hydroxylation is 1. The van der Waals surface area contributed by atoms with Crippen LogP contribution in [0.25, 0.3) is 0 Å². The van der Waals surface area contributed by atoms with E-state index in [1.165, 1.54) is 11.3 Å². The van der Waals surface area contributed by atoms with Gasteiger partial charge in [-0.2, -0.15) is 0 Å². The van der Waals surface area contributed by atoms with Crippen molar-refractivity contribution < 1.29 is 14.3 Å². The summed E-state index contributed by atoms with van der Waals surface area (Å²) in [6.45, 7) is 4.00. The van der Waals surface area contributed by atoms with Crippen LogP contribution in [-0.2, 0) is 4.74 Å². The fourth-order valence-corrected chi connectivity index (χ4v) is 3.13. The topological polar surface area (TPSA) is 55.4 Å². The number of hydrogen-bond acceptors (Lipinski definition) is 4. The van der Waals surface area contributed by atoms with Crippen LogP contribution in [0.15, 0.2) is 34.1 Å². The van der Waals surface area contributed by atoms with E-state index < -0.39 is 5.97 Å². The molecule has 1 N–H and O–H groups in total. The predicted molar refractivity (Wildman–Crippen MR) is 87.1 cm³/mol. The van der Waals surface area contributed by atoms with Gasteiger partial charge in [0.1, 0.15) is 0 Å². The summed E-state index contributed by atoms with van der Waals surface area (Å²) in [6, 6.07) is 8.51. The Labute approximate surface area is 135 Å². The highest BCUT2D eigenvalue weighted by Gasteiger charge is 2.13. The van der Waals surface area contributed by atoms with Crippen LogP contribution in [-0.4, -0.2) is 18.5 Å². The number of esters is 1. The van der Waals surface area contributed by atoms with Crippen molar-refractivity contribution in [2.24, 2.45) is 0 Å². The second-order valence-electron chi connectivity index (χ2n) is 4.32. The third-order valence-corrected chi connectivity index (χ3v) is 4.85. The molecule has 0 radical (unpaired) electrons. The Morgan fingerprint density at radius 3 is 2.71 bits per heavy atom. The van der Waals surface area contributed by atoms with Crippen LogP contribution in [0, 0.1) is 6.92 Å². The maximum atomic E-state index is 12.1. The zero-order valence-electron chi connectivity index (χ0n) is 11.6. The van der Waals surface area contributed by atoms with Crippen molar-refractivity contribution in [3.05, 3.63) is 50.1 Å². The molecule has 0 fully saturated rings. The number of amides is 1. The smallest absolute Gasteiger partial charge is 0.338 e. The molecule has 0 saturated carbocycles. The summed E-state index contributed by atoms with van der Waals surface area (Å²) >= 11 is 4.77. The Kier molecular flexibility index (Phi) is 5.14. The number of carbonyl (C=O) groups excluding carboxylic acids is 2. The molecule has 2 aromatic rings. The maximum absolute atomic E-state index is 12.1. The Balaban J connectivity index is 2.14. The molecule has 0 atom stereocenters. The van der Waals surface area contributed by atoms with Crippen molar-refractivity contribution in [2.45, 2.75) is 13.8 Å². The molecule has 1 aromatic heterocycles. The Hall–Kier alpha value is -1.66. The van der Waals surface area contributed by atoms with Gasteiger partial charge in [-0.3, -0.25) is 4.79 Å². The van der Waals surface area contributed by atoms with Crippen molar-refractivity contribution >= 4 is 44.8 Å². The lowest BCUT2D eigenvalue weighted by molar-refractivity contribution is 0.0526. The van der Waals surface area contributed by atoms with Crippen LogP contribution in [0.2, 0.25) is 0 Å². The second-order valence-corrected chi connectivity index (χ2v) is 6.69. The van der Waals surface area contributed by atoms with Gasteiger partial charge in [0.15, 0.2) is 0 Å². The van der Waals surface area contributed by atoms with E-state index in [4.69, 9.17) is 4.74 Å². The van der Waals surface area contributed by atoms with E-state index in [0.717, 1.165) is 9.35 Å². The summed E-state index contributed by atoms with van der Waals surface area (Å²) in [5.41, 5.74) is 2.00. The first-order valence-corrected chi connectivity index (χ1v) is 7.96. The normalized spacial score (nSPS) is 10.2. The molecule has 0 saturated heterocycles. The first-order valence-electron chi connectivity index (χ1n) is 6.35. The van der Waals surface area contributed by atoms with E-state index in [-0.39, 0.29) is 5.91 Å². The summed E-state index contributed by atoms with van der Waals surface area (Å²) in [4.78, 5) is 24.4. The number of hydrogen-bond donors (Lipinski definition) is 1. The number of rotatable bonds is 4. The quantitative estimate of drug-likeness (QED) is 0.821. The molecular weight excluding hydrogens is 354 g/mol. The number of halogens is 1. The van der Waals surface area contributed by atoms with Gasteiger partial charge in [-0.1, -0.05) is 6.07 Å². The predicted octanol–water partition coefficient (Wildman–Crippen LogP) is 4.25. The van der Waals surface area contributed by atoms with Gasteiger partial charge in [-0.05, 0) is 59.6 Å². The molecule has 2 rings (SSSR count). The molecule has 6 heteroatoms. The highest BCUT2D eigenvalue weighted by Crippen LogP contribution is 2.28. The molecule has 0 bridgehead atoms. The minimum absolute atomic E-state index is 0.199. The van der Waals surface area contributed by atoms with Crippen LogP contribution in [0.4, 0.5) is 5.69 Å². The average Bonchev–Trinajstić information content (AvgIpc) is 2.79. The largest absolute Gasteiger partial charge is 0.462 e. The first kappa shape index (κ1) is 15.7. The van der Waals surface area contributed by atoms with Crippen molar-refractivity contribution in [1.82, 2.24) is 0 Å². The van der Waals surface area contributed by atoms with Gasteiger partial charge in [0.2, 0.25) is 0 Å². The zero-order chi connectivity index (χ0) is 15.4. The van der Waals surface area contributed by atoms with E-state index in [1.807, 2.05) is 13.0 Å². The molecule has 0 aliphatic heterocycles. The maximum Gasteiger partial charge on any atom is 0.338 e. The van der Waals surface area contributed by atoms with Crippen molar-refractivity contribution in [3.8, 4) is 0 Å². The number of thiophene rings is 1. The zero-order valence-corrected chi connectivity index (χ0v) is 14.0. The lowest BCUT2D eigenvalue weighted by atomic mass is 10.2. The molecule has 4 nitrogen and oxygen atoms in total. The van der Waals surface area contributed by atoms with Crippen LogP contribution in [0.3, 0.4) is 0 Å². The standard InChI is InChI=1S/C15H14BrNO3S/c1-3-20-15(19)10-5-4-6-11(8-10)17-14(18)12-7-9(2)13(16)21-12/h4-8H,3H2,1-2H3,(H,17,18). The SMILES string of the molecule is CCOC(=O)c1cccc(NC(=O)c2cc(C)c(Br)s2)c1. The number of benzene rings is 1. The second kappa shape index (κ2) is 6.87. The molecule has 0 spiro atoms. The lowest BCUT2D eigenvalue weighted by Gasteiger charge is -2.06. The molecule has 1 heterocycles. The van der Waals surface area contributed by atoms with Crippen molar-refractivity contribution in [1.29, 1.82) is 0 Å². The van der Waals surface area contributed by atoms with Crippen LogP contribution >= 0.6 is 27.3 Å². The third-order valence-electron chi connectivity index (χ3n) is 2.71. The highest BCUT2D eigenvalue weighted by molar-refractivity contribution is 9.11. The van der Waals surface area contributed by atoms with Gasteiger partial charge in [-0.15, -0.1) is 11.3 Å². The summed E-state index contributed by atoms with van der Waals surface area (Å²) < 4.78 is 5.87. The van der Waals surface area contributed by atoms with Gasteiger partial charge in [0, 0.05) is 5.69 Å². The van der Waals surface area contributed by atoms with Crippen molar-refractivity contribution in [2.75, 3.05) is 11.9 Å². The molecule has 0 unspecified atom stereocenters. The van der Waals surface area contributed by atoms with E-state index in [9.17, 15) is 9.59 Å². The van der Waals surface area contributed by atoms with Crippen LogP contribution in [0.1, 0.15) is 32.5 Å². The fraction of sp³-hybridized carbons (Fsp3) is 0.200.